The second-order valence-electron chi connectivity index (χ2n) is 5.30. The van der Waals surface area contributed by atoms with Crippen LogP contribution in [-0.4, -0.2) is 36.0 Å². The van der Waals surface area contributed by atoms with Gasteiger partial charge in [-0.2, -0.15) is 0 Å². The maximum absolute atomic E-state index is 11.5. The first-order valence-corrected chi connectivity index (χ1v) is 5.92. The van der Waals surface area contributed by atoms with Gasteiger partial charge in [-0.15, -0.1) is 0 Å². The molecule has 0 aliphatic heterocycles. The van der Waals surface area contributed by atoms with Gasteiger partial charge in [0.1, 0.15) is 0 Å². The molecule has 0 aromatic heterocycles. The summed E-state index contributed by atoms with van der Waals surface area (Å²) >= 11 is 0. The average molecular weight is 258 g/mol. The number of carboxylic acids is 1. The Balaban J connectivity index is 3.79. The molecule has 0 aliphatic rings. The van der Waals surface area contributed by atoms with Crippen molar-refractivity contribution in [3.63, 3.8) is 0 Å². The van der Waals surface area contributed by atoms with E-state index in [2.05, 4.69) is 10.6 Å². The van der Waals surface area contributed by atoms with Crippen LogP contribution in [0.15, 0.2) is 0 Å². The Morgan fingerprint density at radius 3 is 2.17 bits per heavy atom. The van der Waals surface area contributed by atoms with Crippen molar-refractivity contribution in [2.75, 3.05) is 13.1 Å². The van der Waals surface area contributed by atoms with Gasteiger partial charge in [-0.25, -0.2) is 0 Å². The highest BCUT2D eigenvalue weighted by atomic mass is 16.4. The molecule has 0 aromatic carbocycles. The van der Waals surface area contributed by atoms with E-state index in [9.17, 15) is 14.4 Å². The van der Waals surface area contributed by atoms with E-state index in [1.54, 1.807) is 20.8 Å². The number of hydrogen-bond donors (Lipinski definition) is 3. The quantitative estimate of drug-likeness (QED) is 0.641. The number of carbonyl (C=O) groups is 3. The van der Waals surface area contributed by atoms with Gasteiger partial charge in [0.05, 0.1) is 5.92 Å². The number of nitrogens with one attached hydrogen (secondary N) is 2. The minimum atomic E-state index is -0.948. The standard InChI is InChI=1S/C12H22N2O4/c1-8(10(16)17)7-14-9(15)5-6-13-11(18)12(2,3)4/h8H,5-7H2,1-4H3,(H,13,18)(H,14,15)(H,16,17). The summed E-state index contributed by atoms with van der Waals surface area (Å²) in [6.45, 7) is 7.24. The SMILES string of the molecule is CC(CNC(=O)CCNC(=O)C(C)(C)C)C(=O)O. The van der Waals surface area contributed by atoms with E-state index >= 15 is 0 Å². The first kappa shape index (κ1) is 16.4. The second kappa shape index (κ2) is 6.98. The predicted octanol–water partition coefficient (Wildman–Crippen LogP) is 0.376. The first-order valence-electron chi connectivity index (χ1n) is 5.92. The smallest absolute Gasteiger partial charge is 0.308 e. The summed E-state index contributed by atoms with van der Waals surface area (Å²) in [5.74, 6) is -1.94. The number of hydrogen-bond acceptors (Lipinski definition) is 3. The number of carbonyl (C=O) groups excluding carboxylic acids is 2. The summed E-state index contributed by atoms with van der Waals surface area (Å²) in [5, 5.41) is 13.8. The zero-order valence-corrected chi connectivity index (χ0v) is 11.4. The van der Waals surface area contributed by atoms with Gasteiger partial charge in [0.15, 0.2) is 0 Å². The van der Waals surface area contributed by atoms with Crippen molar-refractivity contribution in [1.82, 2.24) is 10.6 Å². The molecule has 18 heavy (non-hydrogen) atoms. The molecule has 1 unspecified atom stereocenters. The molecule has 0 rings (SSSR count). The van der Waals surface area contributed by atoms with Crippen LogP contribution in [0.4, 0.5) is 0 Å². The first-order chi connectivity index (χ1) is 8.14. The summed E-state index contributed by atoms with van der Waals surface area (Å²) in [7, 11) is 0. The molecule has 1 atom stereocenters. The van der Waals surface area contributed by atoms with E-state index in [4.69, 9.17) is 5.11 Å². The van der Waals surface area contributed by atoms with Crippen molar-refractivity contribution in [1.29, 1.82) is 0 Å². The van der Waals surface area contributed by atoms with Gasteiger partial charge in [-0.1, -0.05) is 27.7 Å². The molecule has 0 saturated heterocycles. The molecular weight excluding hydrogens is 236 g/mol. The van der Waals surface area contributed by atoms with Gasteiger partial charge in [-0.05, 0) is 0 Å². The van der Waals surface area contributed by atoms with Gasteiger partial charge < -0.3 is 15.7 Å². The molecule has 6 nitrogen and oxygen atoms in total. The third-order valence-electron chi connectivity index (χ3n) is 2.35. The van der Waals surface area contributed by atoms with Gasteiger partial charge >= 0.3 is 5.97 Å². The number of amides is 2. The van der Waals surface area contributed by atoms with Crippen LogP contribution in [0.25, 0.3) is 0 Å². The van der Waals surface area contributed by atoms with Crippen molar-refractivity contribution < 1.29 is 19.5 Å². The fourth-order valence-electron chi connectivity index (χ4n) is 0.997. The normalized spacial score (nSPS) is 12.7. The zero-order chi connectivity index (χ0) is 14.3. The van der Waals surface area contributed by atoms with Crippen LogP contribution in [-0.2, 0) is 14.4 Å². The van der Waals surface area contributed by atoms with Crippen molar-refractivity contribution in [2.24, 2.45) is 11.3 Å². The minimum Gasteiger partial charge on any atom is -0.481 e. The summed E-state index contributed by atoms with van der Waals surface area (Å²) in [6, 6.07) is 0. The molecule has 0 fully saturated rings. The average Bonchev–Trinajstić information content (AvgIpc) is 2.24. The topological polar surface area (TPSA) is 95.5 Å². The van der Waals surface area contributed by atoms with Crippen LogP contribution in [0.3, 0.4) is 0 Å². The fourth-order valence-corrected chi connectivity index (χ4v) is 0.997. The van der Waals surface area contributed by atoms with Crippen molar-refractivity contribution in [2.45, 2.75) is 34.1 Å². The Kier molecular flexibility index (Phi) is 6.36. The van der Waals surface area contributed by atoms with Crippen molar-refractivity contribution in [3.05, 3.63) is 0 Å². The summed E-state index contributed by atoms with van der Waals surface area (Å²) in [4.78, 5) is 33.3. The Hall–Kier alpha value is -1.59. The van der Waals surface area contributed by atoms with E-state index in [-0.39, 0.29) is 31.3 Å². The molecule has 0 aromatic rings. The largest absolute Gasteiger partial charge is 0.481 e. The highest BCUT2D eigenvalue weighted by Gasteiger charge is 2.20. The lowest BCUT2D eigenvalue weighted by Gasteiger charge is -2.17. The monoisotopic (exact) mass is 258 g/mol. The van der Waals surface area contributed by atoms with Crippen LogP contribution in [0, 0.1) is 11.3 Å². The Labute approximate surface area is 107 Å². The third kappa shape index (κ3) is 6.88. The lowest BCUT2D eigenvalue weighted by molar-refractivity contribution is -0.141. The predicted molar refractivity (Wildman–Crippen MR) is 66.9 cm³/mol. The minimum absolute atomic E-state index is 0.0986. The molecule has 0 aliphatic carbocycles. The Morgan fingerprint density at radius 2 is 1.72 bits per heavy atom. The van der Waals surface area contributed by atoms with Gasteiger partial charge in [0.2, 0.25) is 11.8 Å². The van der Waals surface area contributed by atoms with Gasteiger partial charge in [-0.3, -0.25) is 14.4 Å². The lowest BCUT2D eigenvalue weighted by Crippen LogP contribution is -2.38. The molecule has 0 bridgehead atoms. The molecule has 2 amide bonds. The van der Waals surface area contributed by atoms with Crippen LogP contribution < -0.4 is 10.6 Å². The molecule has 0 heterocycles. The van der Waals surface area contributed by atoms with Crippen LogP contribution in [0.1, 0.15) is 34.1 Å². The van der Waals surface area contributed by atoms with E-state index in [1.807, 2.05) is 0 Å². The fraction of sp³-hybridized carbons (Fsp3) is 0.750. The van der Waals surface area contributed by atoms with Crippen molar-refractivity contribution in [3.8, 4) is 0 Å². The van der Waals surface area contributed by atoms with Gasteiger partial charge in [0, 0.05) is 24.9 Å². The molecule has 0 radical (unpaired) electrons. The van der Waals surface area contributed by atoms with Crippen LogP contribution >= 0.6 is 0 Å². The molecule has 6 heteroatoms. The Morgan fingerprint density at radius 1 is 1.17 bits per heavy atom. The van der Waals surface area contributed by atoms with E-state index < -0.39 is 17.3 Å². The summed E-state index contributed by atoms with van der Waals surface area (Å²) in [6.07, 6.45) is 0.147. The lowest BCUT2D eigenvalue weighted by atomic mass is 9.96. The summed E-state index contributed by atoms with van der Waals surface area (Å²) in [5.41, 5.74) is -0.478. The van der Waals surface area contributed by atoms with Crippen LogP contribution in [0.2, 0.25) is 0 Å². The van der Waals surface area contributed by atoms with E-state index in [0.717, 1.165) is 0 Å². The second-order valence-corrected chi connectivity index (χ2v) is 5.30. The Bertz CT molecular complexity index is 321. The molecule has 0 saturated carbocycles. The third-order valence-corrected chi connectivity index (χ3v) is 2.35. The summed E-state index contributed by atoms with van der Waals surface area (Å²) < 4.78 is 0. The van der Waals surface area contributed by atoms with Crippen LogP contribution in [0.5, 0.6) is 0 Å². The van der Waals surface area contributed by atoms with Crippen molar-refractivity contribution >= 4 is 17.8 Å². The highest BCUT2D eigenvalue weighted by Crippen LogP contribution is 2.11. The molecular formula is C12H22N2O4. The maximum atomic E-state index is 11.5. The highest BCUT2D eigenvalue weighted by molar-refractivity contribution is 5.82. The van der Waals surface area contributed by atoms with Gasteiger partial charge in [0.25, 0.3) is 0 Å². The zero-order valence-electron chi connectivity index (χ0n) is 11.4. The number of carboxylic acid groups (broad SMARTS) is 1. The van der Waals surface area contributed by atoms with E-state index in [1.165, 1.54) is 6.92 Å². The molecule has 3 N–H and O–H groups in total. The molecule has 0 spiro atoms. The molecule has 104 valence electrons. The number of aliphatic carboxylic acids is 1. The number of rotatable bonds is 6. The van der Waals surface area contributed by atoms with E-state index in [0.29, 0.717) is 0 Å². The maximum Gasteiger partial charge on any atom is 0.308 e.